The topological polar surface area (TPSA) is 21.1 Å². The van der Waals surface area contributed by atoms with Crippen molar-refractivity contribution in [1.29, 1.82) is 0 Å². The van der Waals surface area contributed by atoms with Crippen molar-refractivity contribution in [2.45, 2.75) is 32.1 Å². The molecule has 0 spiro atoms. The van der Waals surface area contributed by atoms with Gasteiger partial charge in [-0.1, -0.05) is 0 Å². The number of nitrogens with zero attached hydrogens (tertiary/aromatic N) is 3. The van der Waals surface area contributed by atoms with E-state index in [1.54, 1.807) is 0 Å². The van der Waals surface area contributed by atoms with Crippen molar-refractivity contribution < 1.29 is 0 Å². The average Bonchev–Trinajstić information content (AvgIpc) is 3.06. The quantitative estimate of drug-likeness (QED) is 0.794. The van der Waals surface area contributed by atoms with Gasteiger partial charge < -0.3 is 4.90 Å². The fourth-order valence-corrected chi connectivity index (χ4v) is 2.94. The van der Waals surface area contributed by atoms with Crippen LogP contribution in [0.4, 0.5) is 0 Å². The molecule has 0 bridgehead atoms. The molecule has 1 saturated heterocycles. The second-order valence-electron chi connectivity index (χ2n) is 5.84. The summed E-state index contributed by atoms with van der Waals surface area (Å²) in [6.07, 6.45) is 8.84. The predicted octanol–water partition coefficient (Wildman–Crippen LogP) is 2.08. The maximum atomic E-state index is 4.25. The summed E-state index contributed by atoms with van der Waals surface area (Å²) in [5, 5.41) is 4.25. The normalized spacial score (nSPS) is 23.1. The summed E-state index contributed by atoms with van der Waals surface area (Å²) in [4.78, 5) is 2.68. The molecule has 0 amide bonds. The molecule has 2 aliphatic rings. The third-order valence-electron chi connectivity index (χ3n) is 4.34. The van der Waals surface area contributed by atoms with Crippen LogP contribution < -0.4 is 0 Å². The first kappa shape index (κ1) is 11.3. The Morgan fingerprint density at radius 1 is 1.18 bits per heavy atom. The summed E-state index contributed by atoms with van der Waals surface area (Å²) in [5.74, 6) is 1.92. The highest BCUT2D eigenvalue weighted by Gasteiger charge is 2.27. The largest absolute Gasteiger partial charge is 0.303 e. The number of hydrogen-bond acceptors (Lipinski definition) is 2. The van der Waals surface area contributed by atoms with E-state index < -0.39 is 0 Å². The highest BCUT2D eigenvalue weighted by Crippen LogP contribution is 2.31. The number of aromatic nitrogens is 2. The van der Waals surface area contributed by atoms with Gasteiger partial charge in [0.25, 0.3) is 0 Å². The minimum atomic E-state index is 0.876. The van der Waals surface area contributed by atoms with Crippen molar-refractivity contribution in [3.63, 3.8) is 0 Å². The molecule has 0 aromatic carbocycles. The highest BCUT2D eigenvalue weighted by atomic mass is 15.3. The van der Waals surface area contributed by atoms with Gasteiger partial charge in [0.2, 0.25) is 0 Å². The lowest BCUT2D eigenvalue weighted by Gasteiger charge is -2.31. The van der Waals surface area contributed by atoms with Crippen LogP contribution in [0, 0.1) is 11.8 Å². The fourth-order valence-electron chi connectivity index (χ4n) is 2.94. The second-order valence-corrected chi connectivity index (χ2v) is 5.84. The molecule has 1 aromatic rings. The van der Waals surface area contributed by atoms with E-state index in [1.165, 1.54) is 57.4 Å². The molecule has 17 heavy (non-hydrogen) atoms. The number of hydrogen-bond donors (Lipinski definition) is 0. The number of likely N-dealkylation sites (tertiary alicyclic amines) is 1. The van der Waals surface area contributed by atoms with Gasteiger partial charge in [-0.2, -0.15) is 5.10 Å². The third-order valence-corrected chi connectivity index (χ3v) is 4.34. The van der Waals surface area contributed by atoms with Crippen LogP contribution in [-0.2, 0) is 13.5 Å². The summed E-state index contributed by atoms with van der Waals surface area (Å²) < 4.78 is 2.02. The molecule has 1 aliphatic carbocycles. The fraction of sp³-hybridized carbons (Fsp3) is 0.786. The molecule has 0 unspecified atom stereocenters. The summed E-state index contributed by atoms with van der Waals surface area (Å²) in [7, 11) is 2.05. The van der Waals surface area contributed by atoms with Crippen LogP contribution in [0.15, 0.2) is 12.3 Å². The Morgan fingerprint density at radius 3 is 2.53 bits per heavy atom. The zero-order chi connectivity index (χ0) is 11.7. The minimum Gasteiger partial charge on any atom is -0.303 e. The lowest BCUT2D eigenvalue weighted by atomic mass is 9.92. The Morgan fingerprint density at radius 2 is 1.94 bits per heavy atom. The van der Waals surface area contributed by atoms with Crippen molar-refractivity contribution >= 4 is 0 Å². The molecule has 1 aliphatic heterocycles. The van der Waals surface area contributed by atoms with Gasteiger partial charge in [-0.25, -0.2) is 0 Å². The molecule has 3 nitrogen and oxygen atoms in total. The summed E-state index contributed by atoms with van der Waals surface area (Å²) in [6.45, 7) is 4.01. The Kier molecular flexibility index (Phi) is 3.19. The van der Waals surface area contributed by atoms with Crippen LogP contribution in [0.3, 0.4) is 0 Å². The molecular formula is C14H23N3. The minimum absolute atomic E-state index is 0.876. The van der Waals surface area contributed by atoms with Crippen molar-refractivity contribution in [1.82, 2.24) is 14.7 Å². The molecule has 1 saturated carbocycles. The predicted molar refractivity (Wildman–Crippen MR) is 68.8 cm³/mol. The van der Waals surface area contributed by atoms with Crippen molar-refractivity contribution in [2.75, 3.05) is 19.6 Å². The van der Waals surface area contributed by atoms with E-state index in [1.807, 2.05) is 10.9 Å². The van der Waals surface area contributed by atoms with E-state index in [2.05, 4.69) is 23.1 Å². The zero-order valence-electron chi connectivity index (χ0n) is 10.8. The lowest BCUT2D eigenvalue weighted by molar-refractivity contribution is 0.176. The SMILES string of the molecule is Cn1nccc1CC1CCN(CC2CC2)CC1. The van der Waals surface area contributed by atoms with E-state index >= 15 is 0 Å². The van der Waals surface area contributed by atoms with Gasteiger partial charge in [0, 0.05) is 25.5 Å². The average molecular weight is 233 g/mol. The monoisotopic (exact) mass is 233 g/mol. The van der Waals surface area contributed by atoms with Gasteiger partial charge >= 0.3 is 0 Å². The third kappa shape index (κ3) is 2.89. The smallest absolute Gasteiger partial charge is 0.0492 e. The molecular weight excluding hydrogens is 210 g/mol. The van der Waals surface area contributed by atoms with E-state index in [4.69, 9.17) is 0 Å². The van der Waals surface area contributed by atoms with Crippen LogP contribution in [0.1, 0.15) is 31.4 Å². The van der Waals surface area contributed by atoms with Gasteiger partial charge in [0.05, 0.1) is 0 Å². The van der Waals surface area contributed by atoms with E-state index in [0.717, 1.165) is 11.8 Å². The second kappa shape index (κ2) is 4.81. The lowest BCUT2D eigenvalue weighted by Crippen LogP contribution is -2.35. The van der Waals surface area contributed by atoms with E-state index in [9.17, 15) is 0 Å². The van der Waals surface area contributed by atoms with Crippen LogP contribution in [0.2, 0.25) is 0 Å². The molecule has 2 fully saturated rings. The molecule has 94 valence electrons. The molecule has 3 heteroatoms. The molecule has 0 N–H and O–H groups in total. The van der Waals surface area contributed by atoms with E-state index in [0.29, 0.717) is 0 Å². The van der Waals surface area contributed by atoms with E-state index in [-0.39, 0.29) is 0 Å². The molecule has 2 heterocycles. The van der Waals surface area contributed by atoms with Crippen molar-refractivity contribution in [2.24, 2.45) is 18.9 Å². The van der Waals surface area contributed by atoms with Gasteiger partial charge in [-0.3, -0.25) is 4.68 Å². The number of piperidine rings is 1. The maximum absolute atomic E-state index is 4.25. The Labute approximate surface area is 104 Å². The zero-order valence-corrected chi connectivity index (χ0v) is 10.8. The number of rotatable bonds is 4. The maximum Gasteiger partial charge on any atom is 0.0492 e. The first-order chi connectivity index (χ1) is 8.31. The van der Waals surface area contributed by atoms with Crippen LogP contribution in [0.5, 0.6) is 0 Å². The van der Waals surface area contributed by atoms with Crippen molar-refractivity contribution in [3.05, 3.63) is 18.0 Å². The van der Waals surface area contributed by atoms with Gasteiger partial charge in [-0.15, -0.1) is 0 Å². The van der Waals surface area contributed by atoms with Gasteiger partial charge in [-0.05, 0) is 63.1 Å². The van der Waals surface area contributed by atoms with Crippen LogP contribution in [0.25, 0.3) is 0 Å². The standard InChI is InChI=1S/C14H23N3/c1-16-14(4-7-15-16)10-12-5-8-17(9-6-12)11-13-2-3-13/h4,7,12-13H,2-3,5-6,8-11H2,1H3. The van der Waals surface area contributed by atoms with Crippen LogP contribution in [-0.4, -0.2) is 34.3 Å². The summed E-state index contributed by atoms with van der Waals surface area (Å²) >= 11 is 0. The Hall–Kier alpha value is -0.830. The van der Waals surface area contributed by atoms with Crippen LogP contribution >= 0.6 is 0 Å². The molecule has 0 atom stereocenters. The molecule has 1 aromatic heterocycles. The van der Waals surface area contributed by atoms with Gasteiger partial charge in [0.1, 0.15) is 0 Å². The van der Waals surface area contributed by atoms with Gasteiger partial charge in [0.15, 0.2) is 0 Å². The van der Waals surface area contributed by atoms with Crippen molar-refractivity contribution in [3.8, 4) is 0 Å². The first-order valence-corrected chi connectivity index (χ1v) is 7.00. The summed E-state index contributed by atoms with van der Waals surface area (Å²) in [6, 6.07) is 2.16. The molecule has 3 rings (SSSR count). The first-order valence-electron chi connectivity index (χ1n) is 7.00. The molecule has 0 radical (unpaired) electrons. The summed E-state index contributed by atoms with van der Waals surface area (Å²) in [5.41, 5.74) is 1.39. The highest BCUT2D eigenvalue weighted by molar-refractivity contribution is 5.01. The number of aryl methyl sites for hydroxylation is 1. The Bertz CT molecular complexity index is 359. The Balaban J connectivity index is 1.46.